The molecule has 0 unspecified atom stereocenters. The maximum absolute atomic E-state index is 13.3. The maximum atomic E-state index is 13.3. The zero-order valence-electron chi connectivity index (χ0n) is 34.1. The second-order valence-electron chi connectivity index (χ2n) is 17.1. The summed E-state index contributed by atoms with van der Waals surface area (Å²) in [7, 11) is 0. The number of nitrogens with two attached hydrogens (primary N) is 2. The molecule has 4 aliphatic carbocycles. The number of carbonyl (C=O) groups excluding carboxylic acids is 6. The smallest absolute Gasteiger partial charge is 0.326 e. The highest BCUT2D eigenvalue weighted by Gasteiger charge is 2.61. The Labute approximate surface area is 343 Å². The van der Waals surface area contributed by atoms with Crippen LogP contribution in [0.25, 0.3) is 0 Å². The molecule has 5 amide bonds. The molecule has 3 fully saturated rings. The fourth-order valence-corrected chi connectivity index (χ4v) is 9.78. The summed E-state index contributed by atoms with van der Waals surface area (Å²) in [5.41, 5.74) is 11.1. The molecule has 12 N–H and O–H groups in total. The third-order valence-electron chi connectivity index (χ3n) is 12.7. The Hall–Kier alpha value is -5.33. The van der Waals surface area contributed by atoms with E-state index >= 15 is 0 Å². The average molecular weight is 829 g/mol. The number of nitrogens with zero attached hydrogens (tertiary/aromatic N) is 1. The maximum Gasteiger partial charge on any atom is 0.326 e. The van der Waals surface area contributed by atoms with Gasteiger partial charge in [0, 0.05) is 36.8 Å². The van der Waals surface area contributed by atoms with Gasteiger partial charge in [-0.25, -0.2) is 4.79 Å². The molecular weight excluding hydrogens is 768 g/mol. The molecule has 59 heavy (non-hydrogen) atoms. The molecule has 0 aromatic heterocycles. The van der Waals surface area contributed by atoms with Crippen molar-refractivity contribution in [1.29, 1.82) is 0 Å². The molecule has 3 saturated carbocycles. The Bertz CT molecular complexity index is 1760. The second-order valence-corrected chi connectivity index (χ2v) is 17.1. The molecule has 19 nitrogen and oxygen atoms in total. The van der Waals surface area contributed by atoms with Gasteiger partial charge in [-0.1, -0.05) is 39.3 Å². The summed E-state index contributed by atoms with van der Waals surface area (Å²) in [6.07, 6.45) is 7.32. The summed E-state index contributed by atoms with van der Waals surface area (Å²) >= 11 is 0. The molecule has 0 spiro atoms. The highest BCUT2D eigenvalue weighted by Crippen LogP contribution is 2.64. The molecule has 0 aromatic rings. The minimum absolute atomic E-state index is 0.0274. The SMILES string of the molecule is CC(C)[C@H](NC(=O)[C@H](CC(=O)O)NC(=O)CNC(=O)[C@H](CCCN=C(N)N)NC(=O)CCC(=O)N[C@H]1CC[C@H]2[C@@H]3CCC4=CC(=O)C=C[C@]4(C)[C@H]3[C@H](O)C[C@]12C)C(=O)O. The lowest BCUT2D eigenvalue weighted by Crippen LogP contribution is -2.58. The molecule has 0 aromatic carbocycles. The fourth-order valence-electron chi connectivity index (χ4n) is 9.78. The number of hydrogen-bond donors (Lipinski definition) is 10. The van der Waals surface area contributed by atoms with E-state index in [9.17, 15) is 53.7 Å². The van der Waals surface area contributed by atoms with Gasteiger partial charge in [0.2, 0.25) is 29.5 Å². The van der Waals surface area contributed by atoms with Crippen LogP contribution in [0.5, 0.6) is 0 Å². The Morgan fingerprint density at radius 3 is 2.24 bits per heavy atom. The molecule has 326 valence electrons. The lowest BCUT2D eigenvalue weighted by molar-refractivity contribution is -0.144. The number of aliphatic hydroxyl groups is 1. The van der Waals surface area contributed by atoms with Crippen LogP contribution in [-0.4, -0.2) is 112 Å². The summed E-state index contributed by atoms with van der Waals surface area (Å²) in [4.78, 5) is 104. The van der Waals surface area contributed by atoms with Gasteiger partial charge in [0.1, 0.15) is 18.1 Å². The summed E-state index contributed by atoms with van der Waals surface area (Å²) in [5.74, 6) is -6.88. The highest BCUT2D eigenvalue weighted by atomic mass is 16.4. The van der Waals surface area contributed by atoms with E-state index in [1.165, 1.54) is 13.8 Å². The van der Waals surface area contributed by atoms with E-state index in [1.54, 1.807) is 12.2 Å². The number of allylic oxidation sites excluding steroid dienone is 4. The van der Waals surface area contributed by atoms with Crippen LogP contribution in [0.4, 0.5) is 0 Å². The number of carbonyl (C=O) groups is 8. The van der Waals surface area contributed by atoms with Gasteiger partial charge in [0.05, 0.1) is 19.1 Å². The van der Waals surface area contributed by atoms with Crippen molar-refractivity contribution in [3.63, 3.8) is 0 Å². The molecule has 19 heteroatoms. The van der Waals surface area contributed by atoms with E-state index in [4.69, 9.17) is 11.5 Å². The molecule has 0 bridgehead atoms. The van der Waals surface area contributed by atoms with Crippen LogP contribution in [-0.2, 0) is 38.4 Å². The normalized spacial score (nSPS) is 28.3. The zero-order valence-corrected chi connectivity index (χ0v) is 34.1. The first-order valence-electron chi connectivity index (χ1n) is 20.2. The third kappa shape index (κ3) is 11.5. The topological polar surface area (TPSA) is 322 Å². The lowest BCUT2D eigenvalue weighted by atomic mass is 9.47. The van der Waals surface area contributed by atoms with Gasteiger partial charge in [-0.15, -0.1) is 0 Å². The van der Waals surface area contributed by atoms with Crippen molar-refractivity contribution in [2.24, 2.45) is 51.0 Å². The number of carboxylic acids is 2. The number of carboxylic acid groups (broad SMARTS) is 2. The number of amides is 5. The molecule has 0 aliphatic heterocycles. The Kier molecular flexibility index (Phi) is 15.4. The number of hydrogen-bond acceptors (Lipinski definition) is 10. The Morgan fingerprint density at radius 1 is 0.915 bits per heavy atom. The molecular formula is C40H60N8O11. The van der Waals surface area contributed by atoms with Crippen molar-refractivity contribution in [1.82, 2.24) is 26.6 Å². The van der Waals surface area contributed by atoms with Crippen LogP contribution in [0.1, 0.15) is 91.9 Å². The van der Waals surface area contributed by atoms with Gasteiger partial charge in [-0.3, -0.25) is 38.6 Å². The number of rotatable bonds is 19. The van der Waals surface area contributed by atoms with Crippen molar-refractivity contribution >= 4 is 53.2 Å². The minimum atomic E-state index is -1.65. The van der Waals surface area contributed by atoms with Crippen LogP contribution in [0.15, 0.2) is 28.8 Å². The molecule has 10 atom stereocenters. The largest absolute Gasteiger partial charge is 0.481 e. The average Bonchev–Trinajstić information content (AvgIpc) is 3.46. The van der Waals surface area contributed by atoms with Crippen LogP contribution in [0.3, 0.4) is 0 Å². The lowest BCUT2D eigenvalue weighted by Gasteiger charge is -2.58. The van der Waals surface area contributed by atoms with Gasteiger partial charge in [-0.2, -0.15) is 0 Å². The van der Waals surface area contributed by atoms with Gasteiger partial charge in [0.25, 0.3) is 0 Å². The quantitative estimate of drug-likeness (QED) is 0.0441. The molecule has 0 radical (unpaired) electrons. The predicted octanol–water partition coefficient (Wildman–Crippen LogP) is -0.630. The number of ketones is 1. The Balaban J connectivity index is 1.32. The van der Waals surface area contributed by atoms with E-state index in [1.807, 2.05) is 6.08 Å². The minimum Gasteiger partial charge on any atom is -0.481 e. The summed E-state index contributed by atoms with van der Waals surface area (Å²) in [6, 6.07) is -4.41. The number of nitrogens with one attached hydrogen (secondary N) is 5. The van der Waals surface area contributed by atoms with Crippen LogP contribution < -0.4 is 38.1 Å². The molecule has 4 rings (SSSR count). The van der Waals surface area contributed by atoms with Crippen molar-refractivity contribution in [2.45, 2.75) is 122 Å². The number of aliphatic carboxylic acids is 2. The second kappa shape index (κ2) is 19.6. The van der Waals surface area contributed by atoms with Crippen molar-refractivity contribution in [2.75, 3.05) is 13.1 Å². The van der Waals surface area contributed by atoms with Crippen LogP contribution in [0.2, 0.25) is 0 Å². The van der Waals surface area contributed by atoms with Gasteiger partial charge in [0.15, 0.2) is 11.7 Å². The monoisotopic (exact) mass is 828 g/mol. The number of fused-ring (bicyclic) bond motifs is 5. The first kappa shape index (κ1) is 46.4. The van der Waals surface area contributed by atoms with Crippen molar-refractivity contribution < 1.29 is 53.7 Å². The van der Waals surface area contributed by atoms with Crippen molar-refractivity contribution in [3.8, 4) is 0 Å². The zero-order chi connectivity index (χ0) is 43.8. The van der Waals surface area contributed by atoms with E-state index < -0.39 is 84.1 Å². The van der Waals surface area contributed by atoms with Crippen LogP contribution >= 0.6 is 0 Å². The Morgan fingerprint density at radius 2 is 1.59 bits per heavy atom. The summed E-state index contributed by atoms with van der Waals surface area (Å²) in [6.45, 7) is 6.69. The first-order chi connectivity index (χ1) is 27.7. The molecule has 4 aliphatic rings. The molecule has 0 heterocycles. The van der Waals surface area contributed by atoms with Gasteiger partial charge < -0.3 is 53.4 Å². The number of aliphatic imine (C=N–C) groups is 1. The first-order valence-corrected chi connectivity index (χ1v) is 20.2. The van der Waals surface area contributed by atoms with E-state index in [-0.39, 0.29) is 79.1 Å². The number of aliphatic hydroxyl groups excluding tert-OH is 1. The number of guanidine groups is 1. The molecule has 0 saturated heterocycles. The van der Waals surface area contributed by atoms with E-state index in [0.717, 1.165) is 31.3 Å². The van der Waals surface area contributed by atoms with Crippen LogP contribution in [0, 0.1) is 34.5 Å². The fraction of sp³-hybridized carbons (Fsp3) is 0.675. The van der Waals surface area contributed by atoms with E-state index in [0.29, 0.717) is 6.42 Å². The standard InChI is InChI=1S/C40H60N8O11/c1-20(2)34(37(58)59)48-36(57)26(17-32(54)55)46-31(53)19-44-35(56)25(6-5-15-43-38(41)42)45-29(51)11-12-30(52)47-28-10-9-24-23-8-7-21-16-22(49)13-14-39(21,3)33(23)27(50)18-40(24,28)4/h13-14,16,20,23-28,33-34,50H,5-12,15,17-19H2,1-4H3,(H,44,56)(H,45,51)(H,46,53)(H,47,52)(H,48,57)(H,54,55)(H,58,59)(H4,41,42,43)/t23-,24-,25-,26-,27+,28-,33+,34-,39-,40-/m0/s1. The predicted molar refractivity (Wildman–Crippen MR) is 213 cm³/mol. The van der Waals surface area contributed by atoms with Gasteiger partial charge in [-0.05, 0) is 80.3 Å². The summed E-state index contributed by atoms with van der Waals surface area (Å²) in [5, 5.41) is 42.8. The van der Waals surface area contributed by atoms with Gasteiger partial charge >= 0.3 is 11.9 Å². The summed E-state index contributed by atoms with van der Waals surface area (Å²) < 4.78 is 0. The van der Waals surface area contributed by atoms with Crippen molar-refractivity contribution in [3.05, 3.63) is 23.8 Å². The van der Waals surface area contributed by atoms with E-state index in [2.05, 4.69) is 45.4 Å². The highest BCUT2D eigenvalue weighted by molar-refractivity contribution is 6.01. The third-order valence-corrected chi connectivity index (χ3v) is 12.7.